The predicted molar refractivity (Wildman–Crippen MR) is 106 cm³/mol. The molecule has 154 valence electrons. The zero-order valence-electron chi connectivity index (χ0n) is 15.8. The minimum atomic E-state index is -2.81. The number of Topliss-reactive ketones (excluding diaryl/α,β-unsaturated/α-hetero) is 1. The van der Waals surface area contributed by atoms with Gasteiger partial charge in [0.05, 0.1) is 14.2 Å². The molecule has 1 aliphatic carbocycles. The van der Waals surface area contributed by atoms with Crippen LogP contribution in [-0.2, 0) is 10.5 Å². The first-order valence-electron chi connectivity index (χ1n) is 8.45. The molecule has 1 fully saturated rings. The Bertz CT molecular complexity index is 1000. The van der Waals surface area contributed by atoms with Crippen LogP contribution in [0.4, 0.5) is 16.3 Å². The molecule has 3 rings (SSSR count). The average Bonchev–Trinajstić information content (AvgIpc) is 3.52. The molecule has 10 nitrogen and oxygen atoms in total. The smallest absolute Gasteiger partial charge is 0.361 e. The molecule has 11 heteroatoms. The molecule has 1 heterocycles. The lowest BCUT2D eigenvalue weighted by molar-refractivity contribution is 0.0968. The Hall–Kier alpha value is -3.47. The number of nitrogen functional groups attached to an aromatic ring is 1. The minimum absolute atomic E-state index is 0.0698. The first-order valence-corrected chi connectivity index (χ1v) is 9.48. The standard InChI is InChI=1S/C10H11NO.C8H9N3O5S/c11-9-4-2-1-3-8(9)10(12)7-5-6-7;1-15-5-3-6(9-7(4-5)16-2)10-8(12)11-17(13)14/h1-4,7H,5-6,11H2;3-4H,1-2H3,(H,9,10,12). The Morgan fingerprint density at radius 1 is 1.17 bits per heavy atom. The van der Waals surface area contributed by atoms with Crippen molar-refractivity contribution < 1.29 is 27.5 Å². The molecule has 1 aliphatic rings. The molecule has 0 bridgehead atoms. The second-order valence-corrected chi connectivity index (χ2v) is 6.52. The Balaban J connectivity index is 0.000000218. The number of hydrogen-bond acceptors (Lipinski definition) is 8. The highest BCUT2D eigenvalue weighted by Gasteiger charge is 2.31. The summed E-state index contributed by atoms with van der Waals surface area (Å²) in [4.78, 5) is 26.4. The predicted octanol–water partition coefficient (Wildman–Crippen LogP) is 2.55. The van der Waals surface area contributed by atoms with Gasteiger partial charge in [-0.05, 0) is 25.0 Å². The minimum Gasteiger partial charge on any atom is -0.496 e. The van der Waals surface area contributed by atoms with Crippen LogP contribution in [0.15, 0.2) is 40.8 Å². The third-order valence-electron chi connectivity index (χ3n) is 3.79. The maximum Gasteiger partial charge on any atom is 0.361 e. The van der Waals surface area contributed by atoms with Crippen LogP contribution in [0.2, 0.25) is 0 Å². The van der Waals surface area contributed by atoms with Crippen LogP contribution in [0, 0.1) is 5.92 Å². The fourth-order valence-electron chi connectivity index (χ4n) is 2.25. The van der Waals surface area contributed by atoms with Crippen molar-refractivity contribution in [1.82, 2.24) is 4.98 Å². The molecule has 0 saturated heterocycles. The molecular formula is C18H20N4O6S. The van der Waals surface area contributed by atoms with Crippen molar-refractivity contribution in [2.24, 2.45) is 10.3 Å². The summed E-state index contributed by atoms with van der Waals surface area (Å²) in [6, 6.07) is 9.11. The normalized spacial score (nSPS) is 12.1. The van der Waals surface area contributed by atoms with Gasteiger partial charge in [0.1, 0.15) is 11.6 Å². The number of ether oxygens (including phenoxy) is 2. The van der Waals surface area contributed by atoms with E-state index in [1.807, 2.05) is 12.1 Å². The molecule has 0 spiro atoms. The lowest BCUT2D eigenvalue weighted by atomic mass is 10.1. The van der Waals surface area contributed by atoms with Crippen molar-refractivity contribution >= 4 is 33.8 Å². The van der Waals surface area contributed by atoms with Crippen LogP contribution < -0.4 is 20.5 Å². The van der Waals surface area contributed by atoms with Gasteiger partial charge in [-0.3, -0.25) is 10.1 Å². The molecule has 0 atom stereocenters. The van der Waals surface area contributed by atoms with E-state index >= 15 is 0 Å². The number of pyridine rings is 1. The Labute approximate surface area is 168 Å². The van der Waals surface area contributed by atoms with Crippen LogP contribution in [0.5, 0.6) is 11.6 Å². The summed E-state index contributed by atoms with van der Waals surface area (Å²) in [5, 5.41) is 2.15. The van der Waals surface area contributed by atoms with E-state index in [2.05, 4.69) is 14.7 Å². The highest BCUT2D eigenvalue weighted by atomic mass is 32.2. The molecule has 0 aliphatic heterocycles. The lowest BCUT2D eigenvalue weighted by Gasteiger charge is -2.06. The van der Waals surface area contributed by atoms with Gasteiger partial charge in [-0.2, -0.15) is 13.4 Å². The molecule has 2 aromatic rings. The van der Waals surface area contributed by atoms with Crippen molar-refractivity contribution in [3.8, 4) is 11.6 Å². The number of hydrogen-bond donors (Lipinski definition) is 2. The number of para-hydroxylation sites is 1. The van der Waals surface area contributed by atoms with Crippen LogP contribution >= 0.6 is 0 Å². The molecule has 0 radical (unpaired) electrons. The van der Waals surface area contributed by atoms with Gasteiger partial charge < -0.3 is 15.2 Å². The van der Waals surface area contributed by atoms with Crippen molar-refractivity contribution in [2.45, 2.75) is 12.8 Å². The summed E-state index contributed by atoms with van der Waals surface area (Å²) in [5.74, 6) is 1.15. The lowest BCUT2D eigenvalue weighted by Crippen LogP contribution is -2.08. The van der Waals surface area contributed by atoms with Gasteiger partial charge in [-0.15, -0.1) is 0 Å². The van der Waals surface area contributed by atoms with Crippen molar-refractivity contribution in [3.05, 3.63) is 42.0 Å². The number of methoxy groups -OCH3 is 2. The quantitative estimate of drug-likeness (QED) is 0.553. The first kappa shape index (κ1) is 21.8. The SMILES string of the molecule is COc1cc(NC(=O)N=S(=O)=O)nc(OC)c1.Nc1ccccc1C(=O)C1CC1. The van der Waals surface area contributed by atoms with Crippen molar-refractivity contribution in [2.75, 3.05) is 25.3 Å². The third kappa shape index (κ3) is 6.88. The van der Waals surface area contributed by atoms with Gasteiger partial charge >= 0.3 is 16.5 Å². The summed E-state index contributed by atoms with van der Waals surface area (Å²) in [7, 11) is 0.0104. The van der Waals surface area contributed by atoms with E-state index in [4.69, 9.17) is 15.2 Å². The monoisotopic (exact) mass is 420 g/mol. The second-order valence-electron chi connectivity index (χ2n) is 5.90. The second kappa shape index (κ2) is 10.2. The fourth-order valence-corrected chi connectivity index (χ4v) is 2.44. The van der Waals surface area contributed by atoms with Gasteiger partial charge in [0.15, 0.2) is 5.78 Å². The Morgan fingerprint density at radius 2 is 1.86 bits per heavy atom. The number of anilines is 2. The van der Waals surface area contributed by atoms with E-state index in [9.17, 15) is 18.0 Å². The van der Waals surface area contributed by atoms with Gasteiger partial charge in [-0.1, -0.05) is 16.5 Å². The van der Waals surface area contributed by atoms with Crippen LogP contribution in [0.25, 0.3) is 0 Å². The number of nitrogens with zero attached hydrogens (tertiary/aromatic N) is 2. The third-order valence-corrected chi connectivity index (χ3v) is 4.10. The molecule has 2 amide bonds. The zero-order chi connectivity index (χ0) is 21.4. The van der Waals surface area contributed by atoms with E-state index in [1.165, 1.54) is 26.4 Å². The number of benzene rings is 1. The van der Waals surface area contributed by atoms with Crippen molar-refractivity contribution in [3.63, 3.8) is 0 Å². The number of urea groups is 1. The van der Waals surface area contributed by atoms with Gasteiger partial charge in [-0.25, -0.2) is 4.79 Å². The number of nitrogens with one attached hydrogen (secondary N) is 1. The van der Waals surface area contributed by atoms with Crippen LogP contribution in [-0.4, -0.2) is 39.4 Å². The average molecular weight is 420 g/mol. The van der Waals surface area contributed by atoms with Gasteiger partial charge in [0.25, 0.3) is 0 Å². The van der Waals surface area contributed by atoms with E-state index in [0.717, 1.165) is 12.8 Å². The zero-order valence-corrected chi connectivity index (χ0v) is 16.6. The summed E-state index contributed by atoms with van der Waals surface area (Å²) in [6.07, 6.45) is 2.07. The summed E-state index contributed by atoms with van der Waals surface area (Å²) >= 11 is 0. The molecule has 1 aromatic heterocycles. The van der Waals surface area contributed by atoms with E-state index in [1.54, 1.807) is 12.1 Å². The highest BCUT2D eigenvalue weighted by molar-refractivity contribution is 7.62. The molecule has 0 unspecified atom stereocenters. The van der Waals surface area contributed by atoms with Gasteiger partial charge in [0.2, 0.25) is 5.88 Å². The van der Waals surface area contributed by atoms with E-state index < -0.39 is 16.5 Å². The number of amides is 2. The fraction of sp³-hybridized carbons (Fsp3) is 0.278. The molecule has 3 N–H and O–H groups in total. The highest BCUT2D eigenvalue weighted by Crippen LogP contribution is 2.33. The van der Waals surface area contributed by atoms with E-state index in [-0.39, 0.29) is 23.4 Å². The maximum absolute atomic E-state index is 11.5. The van der Waals surface area contributed by atoms with Crippen molar-refractivity contribution in [1.29, 1.82) is 0 Å². The first-order chi connectivity index (χ1) is 13.8. The van der Waals surface area contributed by atoms with E-state index in [0.29, 0.717) is 17.0 Å². The summed E-state index contributed by atoms with van der Waals surface area (Å²) < 4.78 is 32.8. The largest absolute Gasteiger partial charge is 0.496 e. The Morgan fingerprint density at radius 3 is 2.41 bits per heavy atom. The maximum atomic E-state index is 11.5. The molecule has 1 aromatic carbocycles. The molecule has 1 saturated carbocycles. The number of carbonyl (C=O) groups excluding carboxylic acids is 2. The topological polar surface area (TPSA) is 150 Å². The number of rotatable bonds is 5. The van der Waals surface area contributed by atoms with Gasteiger partial charge in [0, 0.05) is 29.3 Å². The molecule has 29 heavy (non-hydrogen) atoms. The number of nitrogens with two attached hydrogens (primary N) is 1. The summed E-state index contributed by atoms with van der Waals surface area (Å²) in [5.41, 5.74) is 6.97. The number of carbonyl (C=O) groups is 2. The van der Waals surface area contributed by atoms with Crippen LogP contribution in [0.1, 0.15) is 23.2 Å². The molecular weight excluding hydrogens is 400 g/mol. The number of ketones is 1. The Kier molecular flexibility index (Phi) is 7.66. The number of aromatic nitrogens is 1. The van der Waals surface area contributed by atoms with Crippen LogP contribution in [0.3, 0.4) is 0 Å². The summed E-state index contributed by atoms with van der Waals surface area (Å²) in [6.45, 7) is 0.